The molecule has 4 aliphatic carbocycles. The van der Waals surface area contributed by atoms with Gasteiger partial charge in [-0.1, -0.05) is 51.1 Å². The van der Waals surface area contributed by atoms with Gasteiger partial charge in [0.05, 0.1) is 18.8 Å². The van der Waals surface area contributed by atoms with E-state index in [2.05, 4.69) is 52.1 Å². The highest BCUT2D eigenvalue weighted by Gasteiger charge is 2.53. The Hall–Kier alpha value is -2.37. The number of esters is 1. The molecule has 2 aromatic carbocycles. The Morgan fingerprint density at radius 3 is 2.22 bits per heavy atom. The summed E-state index contributed by atoms with van der Waals surface area (Å²) in [5.74, 6) is 3.50. The van der Waals surface area contributed by atoms with Gasteiger partial charge >= 0.3 is 5.97 Å². The third-order valence-corrected chi connectivity index (χ3v) is 10.4. The van der Waals surface area contributed by atoms with Gasteiger partial charge in [0.15, 0.2) is 0 Å². The number of allylic oxidation sites excluding steroid dienone is 1. The fourth-order valence-electron chi connectivity index (χ4n) is 8.50. The SMILES string of the molecule is CCOC(=O)c1cccc(/C(=C/CCc2ccc(C(C)(C)C)c(C34CC5CC(CC(C5)C3)C4)c2O[SiH](C)C)CO)c1. The van der Waals surface area contributed by atoms with Gasteiger partial charge in [-0.25, -0.2) is 4.79 Å². The van der Waals surface area contributed by atoms with Crippen LogP contribution in [-0.2, 0) is 22.0 Å². The van der Waals surface area contributed by atoms with E-state index in [1.165, 1.54) is 55.4 Å². The van der Waals surface area contributed by atoms with Crippen molar-refractivity contribution in [1.82, 2.24) is 0 Å². The zero-order chi connectivity index (χ0) is 29.4. The van der Waals surface area contributed by atoms with Crippen LogP contribution in [0.15, 0.2) is 42.5 Å². The lowest BCUT2D eigenvalue weighted by Crippen LogP contribution is -2.49. The summed E-state index contributed by atoms with van der Waals surface area (Å²) in [6, 6.07) is 12.1. The van der Waals surface area contributed by atoms with Crippen molar-refractivity contribution >= 4 is 20.6 Å². The number of carbonyl (C=O) groups is 1. The second-order valence-corrected chi connectivity index (χ2v) is 16.7. The number of rotatable bonds is 10. The van der Waals surface area contributed by atoms with Crippen molar-refractivity contribution in [2.24, 2.45) is 17.8 Å². The number of benzene rings is 2. The van der Waals surface area contributed by atoms with Crippen LogP contribution >= 0.6 is 0 Å². The van der Waals surface area contributed by atoms with Gasteiger partial charge in [-0.15, -0.1) is 0 Å². The molecule has 0 atom stereocenters. The number of aryl methyl sites for hydroxylation is 1. The standard InChI is InChI=1S/C36H50O4Si/c1-7-39-34(38)29-12-9-11-28(19-29)30(23-37)13-8-10-27-14-15-31(35(2,3)4)32(33(27)40-41(5)6)36-20-24-16-25(21-36)18-26(17-24)22-36/h9,11-15,19,24-26,37,41H,7-8,10,16-18,20-23H2,1-6H3/b30-13+. The van der Waals surface area contributed by atoms with E-state index in [4.69, 9.17) is 9.16 Å². The summed E-state index contributed by atoms with van der Waals surface area (Å²) < 4.78 is 12.1. The van der Waals surface area contributed by atoms with E-state index in [1.807, 2.05) is 25.1 Å². The molecule has 0 aromatic heterocycles. The number of hydrogen-bond donors (Lipinski definition) is 1. The van der Waals surface area contributed by atoms with E-state index in [-0.39, 0.29) is 23.4 Å². The number of aliphatic hydroxyl groups excluding tert-OH is 1. The summed E-state index contributed by atoms with van der Waals surface area (Å²) >= 11 is 0. The van der Waals surface area contributed by atoms with Crippen molar-refractivity contribution in [3.05, 3.63) is 70.3 Å². The molecule has 0 saturated heterocycles. The zero-order valence-corrected chi connectivity index (χ0v) is 27.2. The topological polar surface area (TPSA) is 55.8 Å². The Morgan fingerprint density at radius 1 is 1.02 bits per heavy atom. The fraction of sp³-hybridized carbons (Fsp3) is 0.583. The molecule has 0 heterocycles. The van der Waals surface area contributed by atoms with Crippen LogP contribution in [0.3, 0.4) is 0 Å². The molecule has 2 aromatic rings. The minimum atomic E-state index is -1.36. The average molecular weight is 575 g/mol. The molecular weight excluding hydrogens is 524 g/mol. The van der Waals surface area contributed by atoms with Crippen molar-refractivity contribution in [1.29, 1.82) is 0 Å². The minimum absolute atomic E-state index is 0.0573. The molecule has 1 N–H and O–H groups in total. The van der Waals surface area contributed by atoms with Crippen LogP contribution in [0.2, 0.25) is 13.1 Å². The molecule has 41 heavy (non-hydrogen) atoms. The number of ether oxygens (including phenoxy) is 1. The molecule has 4 bridgehead atoms. The molecule has 222 valence electrons. The van der Waals surface area contributed by atoms with E-state index >= 15 is 0 Å². The molecular formula is C36H50O4Si. The van der Waals surface area contributed by atoms with Crippen LogP contribution in [0.1, 0.15) is 105 Å². The Kier molecular flexibility index (Phi) is 8.87. The summed E-state index contributed by atoms with van der Waals surface area (Å²) in [7, 11) is -1.36. The van der Waals surface area contributed by atoms with E-state index in [9.17, 15) is 9.90 Å². The number of aliphatic hydroxyl groups is 1. The Labute approximate surface area is 249 Å². The molecule has 5 heteroatoms. The van der Waals surface area contributed by atoms with E-state index in [1.54, 1.807) is 11.6 Å². The van der Waals surface area contributed by atoms with Crippen LogP contribution in [0, 0.1) is 17.8 Å². The molecule has 4 nitrogen and oxygen atoms in total. The van der Waals surface area contributed by atoms with Crippen LogP contribution in [0.25, 0.3) is 5.57 Å². The minimum Gasteiger partial charge on any atom is -0.547 e. The van der Waals surface area contributed by atoms with Crippen LogP contribution in [-0.4, -0.2) is 33.3 Å². The fourth-order valence-corrected chi connectivity index (χ4v) is 9.24. The first-order valence-corrected chi connectivity index (χ1v) is 18.7. The number of carbonyl (C=O) groups excluding carboxylic acids is 1. The second kappa shape index (κ2) is 12.1. The van der Waals surface area contributed by atoms with Gasteiger partial charge in [0.25, 0.3) is 0 Å². The highest BCUT2D eigenvalue weighted by molar-refractivity contribution is 6.49. The number of hydrogen-bond acceptors (Lipinski definition) is 4. The van der Waals surface area contributed by atoms with Crippen molar-refractivity contribution in [3.63, 3.8) is 0 Å². The lowest BCUT2D eigenvalue weighted by molar-refractivity contribution is -0.00662. The zero-order valence-electron chi connectivity index (χ0n) is 26.1. The Balaban J connectivity index is 1.49. The second-order valence-electron chi connectivity index (χ2n) is 14.3. The quantitative estimate of drug-likeness (QED) is 0.231. The summed E-state index contributed by atoms with van der Waals surface area (Å²) in [5.41, 5.74) is 6.86. The van der Waals surface area contributed by atoms with Gasteiger partial charge in [0.2, 0.25) is 9.04 Å². The lowest BCUT2D eigenvalue weighted by Gasteiger charge is -2.58. The normalized spacial score (nSPS) is 25.6. The first-order chi connectivity index (χ1) is 19.5. The van der Waals surface area contributed by atoms with Crippen molar-refractivity contribution in [2.45, 2.75) is 103 Å². The molecule has 0 radical (unpaired) electrons. The van der Waals surface area contributed by atoms with Crippen LogP contribution in [0.5, 0.6) is 5.75 Å². The smallest absolute Gasteiger partial charge is 0.338 e. The lowest BCUT2D eigenvalue weighted by atomic mass is 9.47. The highest BCUT2D eigenvalue weighted by Crippen LogP contribution is 2.63. The predicted molar refractivity (Wildman–Crippen MR) is 170 cm³/mol. The van der Waals surface area contributed by atoms with Crippen molar-refractivity contribution < 1.29 is 19.1 Å². The van der Waals surface area contributed by atoms with Gasteiger partial charge in [-0.3, -0.25) is 0 Å². The summed E-state index contributed by atoms with van der Waals surface area (Å²) in [4.78, 5) is 12.3. The third kappa shape index (κ3) is 6.36. The van der Waals surface area contributed by atoms with Gasteiger partial charge in [0, 0.05) is 11.0 Å². The summed E-state index contributed by atoms with van der Waals surface area (Å²) in [5, 5.41) is 10.2. The molecule has 4 saturated carbocycles. The van der Waals surface area contributed by atoms with Crippen LogP contribution in [0.4, 0.5) is 0 Å². The largest absolute Gasteiger partial charge is 0.547 e. The molecule has 0 amide bonds. The van der Waals surface area contributed by atoms with Crippen molar-refractivity contribution in [3.8, 4) is 5.75 Å². The van der Waals surface area contributed by atoms with Gasteiger partial charge in [-0.2, -0.15) is 0 Å². The average Bonchev–Trinajstić information content (AvgIpc) is 2.90. The maximum atomic E-state index is 12.3. The maximum absolute atomic E-state index is 12.3. The summed E-state index contributed by atoms with van der Waals surface area (Å²) in [6.45, 7) is 13.7. The first kappa shape index (κ1) is 30.1. The van der Waals surface area contributed by atoms with Gasteiger partial charge in [-0.05, 0) is 129 Å². The molecule has 0 aliphatic heterocycles. The molecule has 0 spiro atoms. The third-order valence-electron chi connectivity index (χ3n) is 9.69. The molecule has 4 fully saturated rings. The Morgan fingerprint density at radius 2 is 1.66 bits per heavy atom. The van der Waals surface area contributed by atoms with E-state index < -0.39 is 9.04 Å². The molecule has 4 aliphatic rings. The predicted octanol–water partition coefficient (Wildman–Crippen LogP) is 8.00. The first-order valence-electron chi connectivity index (χ1n) is 15.9. The van der Waals surface area contributed by atoms with Crippen LogP contribution < -0.4 is 4.43 Å². The Bertz CT molecular complexity index is 1250. The molecule has 6 rings (SSSR count). The monoisotopic (exact) mass is 574 g/mol. The highest BCUT2D eigenvalue weighted by atomic mass is 28.3. The maximum Gasteiger partial charge on any atom is 0.338 e. The molecule has 0 unspecified atom stereocenters. The van der Waals surface area contributed by atoms with Gasteiger partial charge in [0.1, 0.15) is 5.75 Å². The van der Waals surface area contributed by atoms with Gasteiger partial charge < -0.3 is 14.3 Å². The van der Waals surface area contributed by atoms with E-state index in [0.717, 1.165) is 41.7 Å². The summed E-state index contributed by atoms with van der Waals surface area (Å²) in [6.07, 6.45) is 12.1. The van der Waals surface area contributed by atoms with E-state index in [0.29, 0.717) is 12.2 Å². The van der Waals surface area contributed by atoms with Crippen molar-refractivity contribution in [2.75, 3.05) is 13.2 Å².